The van der Waals surface area contributed by atoms with Gasteiger partial charge < -0.3 is 14.8 Å². The van der Waals surface area contributed by atoms with Crippen molar-refractivity contribution < 1.29 is 0 Å². The number of imidazole rings is 1. The third kappa shape index (κ3) is 4.16. The van der Waals surface area contributed by atoms with E-state index in [-0.39, 0.29) is 24.0 Å². The SMILES string of the molecule is CCNC(=NCCn1c(C)nc2ccccc21)N1CCCC1.I. The molecule has 0 bridgehead atoms. The van der Waals surface area contributed by atoms with Gasteiger partial charge in [-0.25, -0.2) is 4.98 Å². The topological polar surface area (TPSA) is 45.5 Å². The highest BCUT2D eigenvalue weighted by molar-refractivity contribution is 14.0. The Morgan fingerprint density at radius 1 is 1.26 bits per heavy atom. The second-order valence-electron chi connectivity index (χ2n) is 5.73. The van der Waals surface area contributed by atoms with E-state index < -0.39 is 0 Å². The van der Waals surface area contributed by atoms with E-state index in [1.807, 2.05) is 6.07 Å². The molecule has 0 aliphatic carbocycles. The van der Waals surface area contributed by atoms with Crippen LogP contribution in [0, 0.1) is 6.92 Å². The third-order valence-corrected chi connectivity index (χ3v) is 4.17. The van der Waals surface area contributed by atoms with E-state index in [1.54, 1.807) is 0 Å². The van der Waals surface area contributed by atoms with Crippen LogP contribution in [-0.4, -0.2) is 46.6 Å². The van der Waals surface area contributed by atoms with E-state index in [9.17, 15) is 0 Å². The number of rotatable bonds is 4. The second kappa shape index (κ2) is 8.52. The lowest BCUT2D eigenvalue weighted by Gasteiger charge is -2.20. The van der Waals surface area contributed by atoms with Crippen molar-refractivity contribution in [2.75, 3.05) is 26.2 Å². The van der Waals surface area contributed by atoms with Crippen molar-refractivity contribution in [2.24, 2.45) is 4.99 Å². The van der Waals surface area contributed by atoms with Crippen LogP contribution in [0.5, 0.6) is 0 Å². The van der Waals surface area contributed by atoms with Gasteiger partial charge in [0.25, 0.3) is 0 Å². The molecule has 1 aliphatic rings. The normalized spacial score (nSPS) is 15.0. The standard InChI is InChI=1S/C17H25N5.HI/c1-3-18-17(21-11-6-7-12-21)19-10-13-22-14(2)20-15-8-4-5-9-16(15)22;/h4-5,8-9H,3,6-7,10-13H2,1-2H3,(H,18,19);1H. The summed E-state index contributed by atoms with van der Waals surface area (Å²) in [5.74, 6) is 2.12. The van der Waals surface area contributed by atoms with Crippen LogP contribution in [0.2, 0.25) is 0 Å². The van der Waals surface area contributed by atoms with E-state index in [0.717, 1.165) is 50.0 Å². The molecule has 1 aliphatic heterocycles. The fourth-order valence-corrected chi connectivity index (χ4v) is 3.09. The number of para-hydroxylation sites is 2. The van der Waals surface area contributed by atoms with Gasteiger partial charge in [0.15, 0.2) is 5.96 Å². The lowest BCUT2D eigenvalue weighted by Crippen LogP contribution is -2.39. The van der Waals surface area contributed by atoms with Crippen LogP contribution in [0.1, 0.15) is 25.6 Å². The summed E-state index contributed by atoms with van der Waals surface area (Å²) in [6, 6.07) is 8.30. The number of hydrogen-bond acceptors (Lipinski definition) is 2. The predicted molar refractivity (Wildman–Crippen MR) is 107 cm³/mol. The molecule has 1 saturated heterocycles. The molecule has 0 saturated carbocycles. The molecule has 3 rings (SSSR count). The first kappa shape index (κ1) is 18.0. The summed E-state index contributed by atoms with van der Waals surface area (Å²) in [6.45, 7) is 9.00. The number of likely N-dealkylation sites (tertiary alicyclic amines) is 1. The molecule has 0 spiro atoms. The van der Waals surface area contributed by atoms with Gasteiger partial charge in [0.1, 0.15) is 5.82 Å². The molecule has 0 radical (unpaired) electrons. The van der Waals surface area contributed by atoms with Crippen LogP contribution in [0.4, 0.5) is 0 Å². The Hall–Kier alpha value is -1.31. The zero-order valence-corrected chi connectivity index (χ0v) is 16.3. The van der Waals surface area contributed by atoms with Crippen molar-refractivity contribution in [2.45, 2.75) is 33.2 Å². The predicted octanol–water partition coefficient (Wildman–Crippen LogP) is 3.02. The second-order valence-corrected chi connectivity index (χ2v) is 5.73. The quantitative estimate of drug-likeness (QED) is 0.464. The lowest BCUT2D eigenvalue weighted by molar-refractivity contribution is 0.492. The first-order chi connectivity index (χ1) is 10.8. The lowest BCUT2D eigenvalue weighted by atomic mass is 10.3. The minimum atomic E-state index is 0. The molecular formula is C17H26IN5. The first-order valence-electron chi connectivity index (χ1n) is 8.24. The molecule has 0 atom stereocenters. The average molecular weight is 427 g/mol. The van der Waals surface area contributed by atoms with Gasteiger partial charge in [-0.1, -0.05) is 12.1 Å². The van der Waals surface area contributed by atoms with Crippen molar-refractivity contribution in [3.05, 3.63) is 30.1 Å². The Balaban J connectivity index is 0.00000192. The van der Waals surface area contributed by atoms with Gasteiger partial charge in [0.05, 0.1) is 17.6 Å². The number of hydrogen-bond donors (Lipinski definition) is 1. The van der Waals surface area contributed by atoms with Gasteiger partial charge in [-0.2, -0.15) is 0 Å². The van der Waals surface area contributed by atoms with Crippen LogP contribution in [-0.2, 0) is 6.54 Å². The maximum Gasteiger partial charge on any atom is 0.193 e. The molecule has 23 heavy (non-hydrogen) atoms. The number of aryl methyl sites for hydroxylation is 1. The number of nitrogens with zero attached hydrogens (tertiary/aromatic N) is 4. The third-order valence-electron chi connectivity index (χ3n) is 4.17. The van der Waals surface area contributed by atoms with Gasteiger partial charge in [0.2, 0.25) is 0 Å². The zero-order valence-electron chi connectivity index (χ0n) is 14.0. The van der Waals surface area contributed by atoms with Crippen LogP contribution in [0.25, 0.3) is 11.0 Å². The number of nitrogens with one attached hydrogen (secondary N) is 1. The Morgan fingerprint density at radius 2 is 2.00 bits per heavy atom. The molecule has 1 aromatic heterocycles. The average Bonchev–Trinajstić information content (AvgIpc) is 3.15. The van der Waals surface area contributed by atoms with Gasteiger partial charge in [-0.3, -0.25) is 4.99 Å². The van der Waals surface area contributed by atoms with Crippen LogP contribution in [0.3, 0.4) is 0 Å². The number of benzene rings is 1. The highest BCUT2D eigenvalue weighted by atomic mass is 127. The molecule has 126 valence electrons. The highest BCUT2D eigenvalue weighted by Gasteiger charge is 2.15. The molecule has 0 amide bonds. The molecule has 5 nitrogen and oxygen atoms in total. The van der Waals surface area contributed by atoms with Crippen LogP contribution < -0.4 is 5.32 Å². The summed E-state index contributed by atoms with van der Waals surface area (Å²) in [7, 11) is 0. The number of guanidine groups is 1. The van der Waals surface area contributed by atoms with E-state index in [4.69, 9.17) is 4.99 Å². The molecular weight excluding hydrogens is 401 g/mol. The van der Waals surface area contributed by atoms with Crippen molar-refractivity contribution in [3.8, 4) is 0 Å². The number of halogens is 1. The monoisotopic (exact) mass is 427 g/mol. The molecule has 2 aromatic rings. The maximum absolute atomic E-state index is 4.80. The van der Waals surface area contributed by atoms with Gasteiger partial charge in [-0.15, -0.1) is 24.0 Å². The maximum atomic E-state index is 4.80. The van der Waals surface area contributed by atoms with Gasteiger partial charge in [0, 0.05) is 26.2 Å². The molecule has 2 heterocycles. The van der Waals surface area contributed by atoms with E-state index in [2.05, 4.69) is 51.8 Å². The molecule has 0 unspecified atom stereocenters. The smallest absolute Gasteiger partial charge is 0.193 e. The molecule has 1 N–H and O–H groups in total. The van der Waals surface area contributed by atoms with E-state index >= 15 is 0 Å². The van der Waals surface area contributed by atoms with Crippen molar-refractivity contribution in [1.82, 2.24) is 19.8 Å². The first-order valence-corrected chi connectivity index (χ1v) is 8.24. The van der Waals surface area contributed by atoms with Gasteiger partial charge in [-0.05, 0) is 38.8 Å². The number of aliphatic imine (C=N–C) groups is 1. The highest BCUT2D eigenvalue weighted by Crippen LogP contribution is 2.15. The molecule has 1 fully saturated rings. The zero-order chi connectivity index (χ0) is 15.4. The fourth-order valence-electron chi connectivity index (χ4n) is 3.09. The summed E-state index contributed by atoms with van der Waals surface area (Å²) in [4.78, 5) is 11.8. The summed E-state index contributed by atoms with van der Waals surface area (Å²) in [5, 5.41) is 3.41. The largest absolute Gasteiger partial charge is 0.357 e. The van der Waals surface area contributed by atoms with Crippen molar-refractivity contribution in [1.29, 1.82) is 0 Å². The summed E-state index contributed by atoms with van der Waals surface area (Å²) < 4.78 is 2.26. The van der Waals surface area contributed by atoms with Crippen molar-refractivity contribution >= 4 is 41.0 Å². The van der Waals surface area contributed by atoms with E-state index in [1.165, 1.54) is 18.4 Å². The summed E-state index contributed by atoms with van der Waals surface area (Å²) >= 11 is 0. The molecule has 6 heteroatoms. The number of aromatic nitrogens is 2. The number of fused-ring (bicyclic) bond motifs is 1. The summed E-state index contributed by atoms with van der Waals surface area (Å²) in [6.07, 6.45) is 2.55. The Kier molecular flexibility index (Phi) is 6.68. The molecule has 1 aromatic carbocycles. The van der Waals surface area contributed by atoms with Crippen molar-refractivity contribution in [3.63, 3.8) is 0 Å². The van der Waals surface area contributed by atoms with Crippen LogP contribution >= 0.6 is 24.0 Å². The minimum absolute atomic E-state index is 0. The Bertz CT molecular complexity index is 658. The van der Waals surface area contributed by atoms with Gasteiger partial charge >= 0.3 is 0 Å². The van der Waals surface area contributed by atoms with Crippen LogP contribution in [0.15, 0.2) is 29.3 Å². The minimum Gasteiger partial charge on any atom is -0.357 e. The van der Waals surface area contributed by atoms with E-state index in [0.29, 0.717) is 0 Å². The Labute approximate surface area is 155 Å². The summed E-state index contributed by atoms with van der Waals surface area (Å²) in [5.41, 5.74) is 2.26. The Morgan fingerprint density at radius 3 is 2.74 bits per heavy atom. The fraction of sp³-hybridized carbons (Fsp3) is 0.529.